The van der Waals surface area contributed by atoms with Crippen molar-refractivity contribution in [3.63, 3.8) is 0 Å². The van der Waals surface area contributed by atoms with Gasteiger partial charge in [0.25, 0.3) is 5.91 Å². The molecule has 2 radical (unpaired) electrons. The molecule has 1 rings (SSSR count). The minimum Gasteiger partial charge on any atom is -0.470 e. The molecule has 3 unspecified atom stereocenters. The number of carbonyl (C=O) groups is 7. The summed E-state index contributed by atoms with van der Waals surface area (Å²) in [4.78, 5) is 84.9. The molecular weight excluding hydrogens is 641 g/mol. The molecule has 0 aliphatic heterocycles. The highest BCUT2D eigenvalue weighted by Crippen LogP contribution is 2.20. The van der Waals surface area contributed by atoms with Crippen molar-refractivity contribution < 1.29 is 43.0 Å². The molecule has 0 fully saturated rings. The van der Waals surface area contributed by atoms with Gasteiger partial charge in [-0.1, -0.05) is 32.1 Å². The lowest BCUT2D eigenvalue weighted by Crippen LogP contribution is -2.55. The maximum absolute atomic E-state index is 13.1. The predicted octanol–water partition coefficient (Wildman–Crippen LogP) is 1.63. The third kappa shape index (κ3) is 16.6. The number of nitrogens with one attached hydrogen (secondary N) is 4. The fourth-order valence-corrected chi connectivity index (χ4v) is 4.14. The Bertz CT molecular complexity index is 1290. The first-order valence-electron chi connectivity index (χ1n) is 15.5. The van der Waals surface area contributed by atoms with Crippen LogP contribution < -0.4 is 21.3 Å². The van der Waals surface area contributed by atoms with Crippen molar-refractivity contribution in [2.75, 3.05) is 31.6 Å². The minimum absolute atomic E-state index is 0.00462. The first-order valence-corrected chi connectivity index (χ1v) is 15.9. The number of allylic oxidation sites excluding steroid dienone is 1. The molecule has 6 amide bonds. The van der Waals surface area contributed by atoms with Crippen LogP contribution in [0.2, 0.25) is 0 Å². The summed E-state index contributed by atoms with van der Waals surface area (Å²) in [6.45, 7) is 8.72. The molecule has 16 heteroatoms. The largest absolute Gasteiger partial charge is 0.470 e. The predicted molar refractivity (Wildman–Crippen MR) is 183 cm³/mol. The van der Waals surface area contributed by atoms with Crippen molar-refractivity contribution >= 4 is 68.0 Å². The monoisotopic (exact) mass is 687 g/mol. The number of nitrogens with zero attached hydrogens (tertiary/aromatic N) is 1. The number of benzene rings is 1. The first kappa shape index (κ1) is 41.8. The Labute approximate surface area is 288 Å². The van der Waals surface area contributed by atoms with E-state index in [2.05, 4.69) is 33.9 Å². The topological polar surface area (TPSA) is 189 Å². The zero-order valence-electron chi connectivity index (χ0n) is 28.1. The van der Waals surface area contributed by atoms with Gasteiger partial charge in [0, 0.05) is 31.8 Å². The standard InChI is InChI=1S/C32H46BN5O9S/c1-6-7-27(42)38(20-39)16-13-25(40)34-15-12-22(4)46-17-14-32(5,48)30(44)37-28(21(2)3)29(43)35-18-26(41)36-24-10-8-23(9-11-24)19-47-31(33)45/h6-11,20-22,28,48H,12-19H2,1-5H3,(H,34,40)(H,35,43)(H,36,41)(H,37,44)/b7-6-. The molecule has 0 heterocycles. The maximum Gasteiger partial charge on any atom is 0.252 e. The molecule has 0 aliphatic rings. The summed E-state index contributed by atoms with van der Waals surface area (Å²) < 4.78 is 9.32. The fraction of sp³-hybridized carbons (Fsp3) is 0.531. The normalized spacial score (nSPS) is 13.5. The Balaban J connectivity index is 2.46. The number of anilines is 1. The molecule has 0 saturated carbocycles. The molecule has 0 aromatic heterocycles. The second-order valence-electron chi connectivity index (χ2n) is 11.5. The van der Waals surface area contributed by atoms with Crippen LogP contribution in [0, 0.1) is 5.92 Å². The van der Waals surface area contributed by atoms with Crippen molar-refractivity contribution in [2.45, 2.75) is 77.4 Å². The van der Waals surface area contributed by atoms with Crippen LogP contribution in [0.5, 0.6) is 0 Å². The second-order valence-corrected chi connectivity index (χ2v) is 12.5. The van der Waals surface area contributed by atoms with Crippen LogP contribution >= 0.6 is 12.6 Å². The van der Waals surface area contributed by atoms with Crippen molar-refractivity contribution in [1.82, 2.24) is 20.9 Å². The van der Waals surface area contributed by atoms with Gasteiger partial charge in [0.15, 0.2) is 0 Å². The zero-order chi connectivity index (χ0) is 36.3. The Kier molecular flexibility index (Phi) is 18.9. The number of imide groups is 1. The summed E-state index contributed by atoms with van der Waals surface area (Å²) in [6, 6.07) is 5.58. The molecule has 14 nitrogen and oxygen atoms in total. The highest BCUT2D eigenvalue weighted by molar-refractivity contribution is 7.82. The number of amides is 6. The number of rotatable bonds is 21. The SMILES string of the molecule is [B]C(=O)OCc1ccc(NC(=O)CNC(=O)C(NC(=O)C(C)(S)CCOC(C)CCNC(=O)CCN(C=O)C(=O)/C=C\C)C(C)C)cc1. The lowest BCUT2D eigenvalue weighted by atomic mass is 10.0. The highest BCUT2D eigenvalue weighted by Gasteiger charge is 2.33. The van der Waals surface area contributed by atoms with E-state index in [1.165, 1.54) is 12.2 Å². The number of carbonyl (C=O) groups excluding carboxylic acids is 7. The van der Waals surface area contributed by atoms with Crippen molar-refractivity contribution in [3.8, 4) is 0 Å². The fourth-order valence-electron chi connectivity index (χ4n) is 3.99. The number of hydrogen-bond acceptors (Lipinski definition) is 10. The first-order chi connectivity index (χ1) is 22.6. The molecule has 0 saturated heterocycles. The molecule has 3 atom stereocenters. The average Bonchev–Trinajstić information content (AvgIpc) is 3.02. The summed E-state index contributed by atoms with van der Waals surface area (Å²) in [7, 11) is 4.95. The van der Waals surface area contributed by atoms with Crippen LogP contribution in [0.25, 0.3) is 0 Å². The molecule has 0 spiro atoms. The van der Waals surface area contributed by atoms with Gasteiger partial charge in [0.2, 0.25) is 43.8 Å². The lowest BCUT2D eigenvalue weighted by Gasteiger charge is -2.28. The van der Waals surface area contributed by atoms with Crippen molar-refractivity contribution in [3.05, 3.63) is 42.0 Å². The Hall–Kier alpha value is -4.18. The lowest BCUT2D eigenvalue weighted by molar-refractivity contribution is -0.135. The third-order valence-electron chi connectivity index (χ3n) is 6.93. The van der Waals surface area contributed by atoms with Crippen LogP contribution in [0.1, 0.15) is 59.4 Å². The molecule has 1 aromatic rings. The molecule has 1 aromatic carbocycles. The Morgan fingerprint density at radius 1 is 1.04 bits per heavy atom. The molecule has 0 bridgehead atoms. The van der Waals surface area contributed by atoms with E-state index in [1.807, 2.05) is 6.92 Å². The summed E-state index contributed by atoms with van der Waals surface area (Å²) in [5.41, 5.74) is 1.14. The van der Waals surface area contributed by atoms with Crippen LogP contribution in [0.4, 0.5) is 10.5 Å². The van der Waals surface area contributed by atoms with E-state index < -0.39 is 40.3 Å². The van der Waals surface area contributed by atoms with Gasteiger partial charge in [-0.05, 0) is 63.3 Å². The van der Waals surface area contributed by atoms with E-state index >= 15 is 0 Å². The van der Waals surface area contributed by atoms with Crippen molar-refractivity contribution in [1.29, 1.82) is 0 Å². The van der Waals surface area contributed by atoms with Crippen LogP contribution in [0.3, 0.4) is 0 Å². The summed E-state index contributed by atoms with van der Waals surface area (Å²) in [5, 5.41) is 10.6. The van der Waals surface area contributed by atoms with E-state index in [9.17, 15) is 33.6 Å². The Morgan fingerprint density at radius 3 is 2.29 bits per heavy atom. The van der Waals surface area contributed by atoms with Gasteiger partial charge >= 0.3 is 0 Å². The number of ether oxygens (including phenoxy) is 2. The van der Waals surface area contributed by atoms with E-state index in [0.717, 1.165) is 4.90 Å². The van der Waals surface area contributed by atoms with E-state index in [-0.39, 0.29) is 57.1 Å². The molecule has 48 heavy (non-hydrogen) atoms. The van der Waals surface area contributed by atoms with Gasteiger partial charge in [0.1, 0.15) is 12.6 Å². The molecule has 0 aliphatic carbocycles. The molecule has 4 N–H and O–H groups in total. The molecule has 262 valence electrons. The van der Waals surface area contributed by atoms with E-state index in [1.54, 1.807) is 52.0 Å². The van der Waals surface area contributed by atoms with Crippen molar-refractivity contribution in [2.24, 2.45) is 5.92 Å². The van der Waals surface area contributed by atoms with E-state index in [0.29, 0.717) is 30.6 Å². The van der Waals surface area contributed by atoms with Gasteiger partial charge < -0.3 is 30.7 Å². The average molecular weight is 688 g/mol. The number of thiol groups is 1. The van der Waals surface area contributed by atoms with Crippen LogP contribution in [0.15, 0.2) is 36.4 Å². The molecular formula is C32H46BN5O9S. The summed E-state index contributed by atoms with van der Waals surface area (Å²) >= 11 is 4.51. The van der Waals surface area contributed by atoms with Gasteiger partial charge in [-0.2, -0.15) is 12.6 Å². The van der Waals surface area contributed by atoms with Gasteiger partial charge in [0.05, 0.1) is 17.4 Å². The third-order valence-corrected chi connectivity index (χ3v) is 7.36. The second kappa shape index (κ2) is 21.6. The van der Waals surface area contributed by atoms with Gasteiger partial charge in [-0.3, -0.25) is 38.5 Å². The quantitative estimate of drug-likeness (QED) is 0.0554. The van der Waals surface area contributed by atoms with Crippen LogP contribution in [-0.2, 0) is 44.8 Å². The summed E-state index contributed by atoms with van der Waals surface area (Å²) in [6.07, 6.45) is 3.56. The smallest absolute Gasteiger partial charge is 0.252 e. The number of hydrogen-bond donors (Lipinski definition) is 5. The van der Waals surface area contributed by atoms with Gasteiger partial charge in [-0.25, -0.2) is 0 Å². The minimum atomic E-state index is -1.18. The maximum atomic E-state index is 13.1. The van der Waals surface area contributed by atoms with Gasteiger partial charge in [-0.15, -0.1) is 0 Å². The Morgan fingerprint density at radius 2 is 1.71 bits per heavy atom. The highest BCUT2D eigenvalue weighted by atomic mass is 32.1. The summed E-state index contributed by atoms with van der Waals surface area (Å²) in [5.74, 6) is -3.49. The zero-order valence-corrected chi connectivity index (χ0v) is 29.0. The van der Waals surface area contributed by atoms with E-state index in [4.69, 9.17) is 17.3 Å². The van der Waals surface area contributed by atoms with Crippen LogP contribution in [-0.4, -0.2) is 97.7 Å².